The molecule has 1 aromatic heterocycles. The lowest BCUT2D eigenvalue weighted by Gasteiger charge is -2.15. The smallest absolute Gasteiger partial charge is 0.0934 e. The van der Waals surface area contributed by atoms with Crippen molar-refractivity contribution < 1.29 is 0 Å². The molecule has 1 atom stereocenters. The fourth-order valence-electron chi connectivity index (χ4n) is 2.36. The lowest BCUT2D eigenvalue weighted by Crippen LogP contribution is -2.06. The molecule has 1 aromatic carbocycles. The highest BCUT2D eigenvalue weighted by Crippen LogP contribution is 2.41. The number of hydrogen-bond donors (Lipinski definition) is 1. The van der Waals surface area contributed by atoms with Crippen molar-refractivity contribution in [1.82, 2.24) is 0 Å². The molecular weight excluding hydrogens is 377 g/mol. The van der Waals surface area contributed by atoms with E-state index in [-0.39, 0.29) is 0 Å². The van der Waals surface area contributed by atoms with Gasteiger partial charge in [0.1, 0.15) is 0 Å². The Bertz CT molecular complexity index is 593. The monoisotopic (exact) mass is 389 g/mol. The topological polar surface area (TPSA) is 12.0 Å². The van der Waals surface area contributed by atoms with Gasteiger partial charge in [0.05, 0.1) is 10.4 Å². The van der Waals surface area contributed by atoms with Gasteiger partial charge in [-0.2, -0.15) is 0 Å². The first-order valence-corrected chi connectivity index (χ1v) is 8.21. The van der Waals surface area contributed by atoms with Crippen molar-refractivity contribution in [2.45, 2.75) is 25.8 Å². The molecule has 1 N–H and O–H groups in total. The van der Waals surface area contributed by atoms with Crippen molar-refractivity contribution in [3.8, 4) is 0 Å². The van der Waals surface area contributed by atoms with Gasteiger partial charge in [-0.05, 0) is 71.7 Å². The number of aryl methyl sites for hydroxylation is 2. The van der Waals surface area contributed by atoms with E-state index in [1.807, 2.05) is 0 Å². The summed E-state index contributed by atoms with van der Waals surface area (Å²) in [6.45, 7) is 2.14. The first kappa shape index (κ1) is 12.8. The van der Waals surface area contributed by atoms with Crippen molar-refractivity contribution >= 4 is 51.2 Å². The number of nitrogens with one attached hydrogen (secondary N) is 1. The fourth-order valence-corrected chi connectivity index (χ4v) is 4.24. The predicted octanol–water partition coefficient (Wildman–Crippen LogP) is 5.41. The van der Waals surface area contributed by atoms with Crippen LogP contribution in [0.3, 0.4) is 0 Å². The summed E-state index contributed by atoms with van der Waals surface area (Å²) in [7, 11) is 0. The van der Waals surface area contributed by atoms with Crippen molar-refractivity contribution in [3.63, 3.8) is 0 Å². The van der Waals surface area contributed by atoms with Crippen LogP contribution in [0.2, 0.25) is 4.34 Å². The van der Waals surface area contributed by atoms with E-state index in [9.17, 15) is 0 Å². The second-order valence-electron chi connectivity index (χ2n) is 4.63. The van der Waals surface area contributed by atoms with Crippen LogP contribution in [0.15, 0.2) is 24.3 Å². The van der Waals surface area contributed by atoms with Gasteiger partial charge in [0.25, 0.3) is 0 Å². The van der Waals surface area contributed by atoms with Crippen LogP contribution in [0, 0.1) is 10.5 Å². The van der Waals surface area contributed by atoms with E-state index in [0.717, 1.165) is 10.8 Å². The molecule has 0 aliphatic heterocycles. The zero-order chi connectivity index (χ0) is 12.7. The molecule has 0 fully saturated rings. The Kier molecular flexibility index (Phi) is 3.56. The van der Waals surface area contributed by atoms with Gasteiger partial charge in [-0.25, -0.2) is 0 Å². The Labute approximate surface area is 130 Å². The predicted molar refractivity (Wildman–Crippen MR) is 87.9 cm³/mol. The number of halogens is 2. The molecule has 0 bridgehead atoms. The normalized spacial score (nSPS) is 17.8. The zero-order valence-corrected chi connectivity index (χ0v) is 13.7. The van der Waals surface area contributed by atoms with Crippen LogP contribution < -0.4 is 5.32 Å². The van der Waals surface area contributed by atoms with Gasteiger partial charge >= 0.3 is 0 Å². The second-order valence-corrected chi connectivity index (χ2v) is 7.56. The minimum Gasteiger partial charge on any atom is -0.378 e. The van der Waals surface area contributed by atoms with Gasteiger partial charge in [-0.15, -0.1) is 11.3 Å². The molecule has 0 saturated heterocycles. The van der Waals surface area contributed by atoms with E-state index in [2.05, 4.69) is 59.1 Å². The molecule has 0 spiro atoms. The molecule has 1 aliphatic carbocycles. The number of benzene rings is 1. The second kappa shape index (κ2) is 5.02. The van der Waals surface area contributed by atoms with E-state index in [1.54, 1.807) is 11.3 Å². The summed E-state index contributed by atoms with van der Waals surface area (Å²) in [4.78, 5) is 1.44. The molecule has 2 aromatic rings. The minimum absolute atomic E-state index is 0.419. The molecule has 0 saturated carbocycles. The van der Waals surface area contributed by atoms with E-state index in [4.69, 9.17) is 11.6 Å². The molecule has 3 rings (SSSR count). The average Bonchev–Trinajstić information content (AvgIpc) is 2.85. The highest BCUT2D eigenvalue weighted by molar-refractivity contribution is 14.1. The summed E-state index contributed by atoms with van der Waals surface area (Å²) >= 11 is 10.2. The molecule has 18 heavy (non-hydrogen) atoms. The van der Waals surface area contributed by atoms with Crippen LogP contribution in [0.1, 0.15) is 28.5 Å². The number of hydrogen-bond acceptors (Lipinski definition) is 2. The Morgan fingerprint density at radius 1 is 1.39 bits per heavy atom. The molecule has 1 heterocycles. The Morgan fingerprint density at radius 3 is 3.00 bits per heavy atom. The maximum Gasteiger partial charge on any atom is 0.0934 e. The highest BCUT2D eigenvalue weighted by atomic mass is 127. The Morgan fingerprint density at radius 2 is 2.22 bits per heavy atom. The van der Waals surface area contributed by atoms with Crippen molar-refractivity contribution in [3.05, 3.63) is 48.2 Å². The van der Waals surface area contributed by atoms with E-state index < -0.39 is 0 Å². The summed E-state index contributed by atoms with van der Waals surface area (Å²) in [5.74, 6) is 0. The lowest BCUT2D eigenvalue weighted by molar-refractivity contribution is 0.762. The van der Waals surface area contributed by atoms with Crippen LogP contribution in [0.25, 0.3) is 0 Å². The molecule has 0 radical (unpaired) electrons. The largest absolute Gasteiger partial charge is 0.378 e. The third kappa shape index (κ3) is 2.40. The number of anilines is 1. The van der Waals surface area contributed by atoms with Crippen LogP contribution >= 0.6 is 45.5 Å². The SMILES string of the molecule is Cc1ccc(NC2CCc3sc(Cl)cc32)cc1I. The Hall–Kier alpha value is -0.260. The number of fused-ring (bicyclic) bond motifs is 1. The van der Waals surface area contributed by atoms with Gasteiger partial charge in [-0.3, -0.25) is 0 Å². The minimum atomic E-state index is 0.419. The first-order chi connectivity index (χ1) is 8.63. The maximum atomic E-state index is 6.08. The maximum absolute atomic E-state index is 6.08. The van der Waals surface area contributed by atoms with Crippen LogP contribution in [0.4, 0.5) is 5.69 Å². The summed E-state index contributed by atoms with van der Waals surface area (Å²) in [5, 5.41) is 3.62. The summed E-state index contributed by atoms with van der Waals surface area (Å²) in [6.07, 6.45) is 2.32. The van der Waals surface area contributed by atoms with Crippen LogP contribution in [-0.4, -0.2) is 0 Å². The van der Waals surface area contributed by atoms with Crippen LogP contribution in [0.5, 0.6) is 0 Å². The first-order valence-electron chi connectivity index (χ1n) is 5.94. The standard InChI is InChI=1S/C14H13ClINS/c1-8-2-3-9(6-11(8)16)17-12-4-5-13-10(12)7-14(15)18-13/h2-3,6-7,12,17H,4-5H2,1H3. The van der Waals surface area contributed by atoms with Crippen LogP contribution in [-0.2, 0) is 6.42 Å². The van der Waals surface area contributed by atoms with Crippen molar-refractivity contribution in [2.75, 3.05) is 5.32 Å². The third-order valence-corrected chi connectivity index (χ3v) is 5.86. The van der Waals surface area contributed by atoms with Gasteiger partial charge in [-0.1, -0.05) is 17.7 Å². The highest BCUT2D eigenvalue weighted by Gasteiger charge is 2.24. The molecule has 94 valence electrons. The molecule has 4 heteroatoms. The molecule has 1 aliphatic rings. The van der Waals surface area contributed by atoms with Crippen molar-refractivity contribution in [1.29, 1.82) is 0 Å². The van der Waals surface area contributed by atoms with Gasteiger partial charge in [0.15, 0.2) is 0 Å². The quantitative estimate of drug-likeness (QED) is 0.677. The fraction of sp³-hybridized carbons (Fsp3) is 0.286. The third-order valence-electron chi connectivity index (χ3n) is 3.36. The Balaban J connectivity index is 1.83. The summed E-state index contributed by atoms with van der Waals surface area (Å²) < 4.78 is 2.21. The molecule has 1 nitrogen and oxygen atoms in total. The lowest BCUT2D eigenvalue weighted by atomic mass is 10.1. The zero-order valence-electron chi connectivity index (χ0n) is 9.97. The van der Waals surface area contributed by atoms with Gasteiger partial charge in [0, 0.05) is 14.1 Å². The number of thiophene rings is 1. The average molecular weight is 390 g/mol. The van der Waals surface area contributed by atoms with Gasteiger partial charge in [0.2, 0.25) is 0 Å². The van der Waals surface area contributed by atoms with Gasteiger partial charge < -0.3 is 5.32 Å². The summed E-state index contributed by atoms with van der Waals surface area (Å²) in [6, 6.07) is 9.07. The molecule has 0 amide bonds. The van der Waals surface area contributed by atoms with E-state index in [0.29, 0.717) is 6.04 Å². The van der Waals surface area contributed by atoms with Crippen molar-refractivity contribution in [2.24, 2.45) is 0 Å². The molecular formula is C14H13ClINS. The number of rotatable bonds is 2. The summed E-state index contributed by atoms with van der Waals surface area (Å²) in [5.41, 5.74) is 3.91. The molecule has 1 unspecified atom stereocenters. The van der Waals surface area contributed by atoms with E-state index in [1.165, 1.54) is 31.7 Å². The van der Waals surface area contributed by atoms with E-state index >= 15 is 0 Å².